The Balaban J connectivity index is 0.000000470. The summed E-state index contributed by atoms with van der Waals surface area (Å²) < 4.78 is 57.4. The first-order valence-corrected chi connectivity index (χ1v) is 15.3. The zero-order valence-electron chi connectivity index (χ0n) is 22.1. The highest BCUT2D eigenvalue weighted by Gasteiger charge is 2.44. The number of piperidine rings is 1. The fourth-order valence-corrected chi connectivity index (χ4v) is 7.62. The highest BCUT2D eigenvalue weighted by Crippen LogP contribution is 2.42. The average Bonchev–Trinajstić information content (AvgIpc) is 3.49. The van der Waals surface area contributed by atoms with E-state index in [0.717, 1.165) is 30.9 Å². The highest BCUT2D eigenvalue weighted by molar-refractivity contribution is 7.90. The number of aromatic nitrogens is 2. The number of sulfone groups is 1. The molecule has 1 saturated carbocycles. The number of nitrogens with zero attached hydrogens (tertiary/aromatic N) is 4. The number of carboxylic acids is 1. The van der Waals surface area contributed by atoms with Crippen LogP contribution in [0.4, 0.5) is 18.9 Å². The standard InChI is InChI=1S/C25H30N4O2S2.C2HF3O2/c1-18-10-24(33(30,31)16-22-15-32-17-27-22)26-11-23(18)28(2)25-20-8-9-21(25)14-29(13-20)12-19-6-4-3-5-7-19;3-2(4,5)1(6)7/h3-7,10-11,15,17,20-21,25H,8-9,12-14,16H2,1-2H3;(H,6,7)/t20-,21+,25?;. The number of aliphatic carboxylic acids is 1. The van der Waals surface area contributed by atoms with E-state index in [2.05, 4.69) is 57.1 Å². The molecule has 0 spiro atoms. The number of aryl methyl sites for hydroxylation is 1. The summed E-state index contributed by atoms with van der Waals surface area (Å²) in [7, 11) is -1.36. The van der Waals surface area contributed by atoms with Crippen molar-refractivity contribution in [1.82, 2.24) is 14.9 Å². The summed E-state index contributed by atoms with van der Waals surface area (Å²) in [5.74, 6) is -1.63. The van der Waals surface area contributed by atoms with Crippen molar-refractivity contribution in [3.63, 3.8) is 0 Å². The summed E-state index contributed by atoms with van der Waals surface area (Å²) in [5, 5.41) is 9.03. The lowest BCUT2D eigenvalue weighted by Crippen LogP contribution is -2.51. The lowest BCUT2D eigenvalue weighted by atomic mass is 9.90. The molecule has 3 aromatic rings. The summed E-state index contributed by atoms with van der Waals surface area (Å²) in [5.41, 5.74) is 5.58. The van der Waals surface area contributed by atoms with Crippen LogP contribution in [0.3, 0.4) is 0 Å². The van der Waals surface area contributed by atoms with Gasteiger partial charge in [-0.05, 0) is 48.8 Å². The SMILES string of the molecule is Cc1cc(S(=O)(=O)Cc2cscn2)ncc1N(C)C1[C@@H]2CC[C@H]1CN(Cc1ccccc1)C2.O=C(O)C(F)(F)F. The molecule has 1 N–H and O–H groups in total. The van der Waals surface area contributed by atoms with Crippen molar-refractivity contribution < 1.29 is 31.5 Å². The van der Waals surface area contributed by atoms with Crippen LogP contribution >= 0.6 is 11.3 Å². The third-order valence-electron chi connectivity index (χ3n) is 7.38. The molecule has 3 atom stereocenters. The van der Waals surface area contributed by atoms with E-state index in [9.17, 15) is 21.6 Å². The Bertz CT molecular complexity index is 1390. The number of alkyl halides is 3. The Labute approximate surface area is 235 Å². The van der Waals surface area contributed by atoms with E-state index in [1.807, 2.05) is 6.92 Å². The minimum absolute atomic E-state index is 0.109. The lowest BCUT2D eigenvalue weighted by molar-refractivity contribution is -0.192. The van der Waals surface area contributed by atoms with E-state index in [1.54, 1.807) is 23.2 Å². The van der Waals surface area contributed by atoms with Crippen LogP contribution in [0.1, 0.15) is 29.7 Å². The number of rotatable bonds is 7. The van der Waals surface area contributed by atoms with E-state index in [-0.39, 0.29) is 10.8 Å². The minimum atomic E-state index is -5.08. The number of carbonyl (C=O) groups is 1. The molecule has 1 aliphatic carbocycles. The van der Waals surface area contributed by atoms with Crippen molar-refractivity contribution in [2.24, 2.45) is 11.8 Å². The molecule has 216 valence electrons. The zero-order valence-corrected chi connectivity index (χ0v) is 23.7. The molecule has 5 rings (SSSR count). The number of thiazole rings is 1. The maximum Gasteiger partial charge on any atom is 0.490 e. The predicted molar refractivity (Wildman–Crippen MR) is 146 cm³/mol. The Hall–Kier alpha value is -3.03. The predicted octanol–water partition coefficient (Wildman–Crippen LogP) is 4.80. The molecule has 8 nitrogen and oxygen atoms in total. The smallest absolute Gasteiger partial charge is 0.475 e. The molecule has 2 bridgehead atoms. The molecule has 2 aromatic heterocycles. The second kappa shape index (κ2) is 12.2. The number of benzene rings is 1. The van der Waals surface area contributed by atoms with E-state index < -0.39 is 22.0 Å². The largest absolute Gasteiger partial charge is 0.490 e. The van der Waals surface area contributed by atoms with Gasteiger partial charge < -0.3 is 10.0 Å². The maximum atomic E-state index is 12.8. The summed E-state index contributed by atoms with van der Waals surface area (Å²) in [6.07, 6.45) is -0.839. The molecular formula is C27H31F3N4O4S2. The molecule has 2 aliphatic rings. The van der Waals surface area contributed by atoms with Crippen molar-refractivity contribution in [1.29, 1.82) is 0 Å². The van der Waals surface area contributed by atoms with Gasteiger partial charge in [0.2, 0.25) is 9.84 Å². The van der Waals surface area contributed by atoms with Gasteiger partial charge in [0.15, 0.2) is 5.03 Å². The average molecular weight is 597 g/mol. The summed E-state index contributed by atoms with van der Waals surface area (Å²) in [4.78, 5) is 22.4. The molecule has 2 fully saturated rings. The first kappa shape index (κ1) is 29.9. The zero-order chi connectivity index (χ0) is 29.1. The fraction of sp³-hybridized carbons (Fsp3) is 0.444. The van der Waals surface area contributed by atoms with Crippen molar-refractivity contribution >= 4 is 32.8 Å². The highest BCUT2D eigenvalue weighted by atomic mass is 32.2. The number of hydrogen-bond donors (Lipinski definition) is 1. The molecule has 40 heavy (non-hydrogen) atoms. The normalized spacial score (nSPS) is 21.0. The number of likely N-dealkylation sites (tertiary alicyclic amines) is 1. The van der Waals surface area contributed by atoms with Crippen LogP contribution in [-0.4, -0.2) is 66.7 Å². The quantitative estimate of drug-likeness (QED) is 0.415. The van der Waals surface area contributed by atoms with E-state index in [4.69, 9.17) is 9.90 Å². The van der Waals surface area contributed by atoms with Gasteiger partial charge in [-0.2, -0.15) is 13.2 Å². The number of carboxylic acid groups (broad SMARTS) is 1. The number of fused-ring (bicyclic) bond motifs is 2. The second-order valence-corrected chi connectivity index (χ2v) is 12.9. The monoisotopic (exact) mass is 596 g/mol. The Kier molecular flexibility index (Phi) is 9.16. The maximum absolute atomic E-state index is 12.8. The molecule has 0 amide bonds. The first-order valence-electron chi connectivity index (χ1n) is 12.7. The summed E-state index contributed by atoms with van der Waals surface area (Å²) in [6, 6.07) is 12.9. The van der Waals surface area contributed by atoms with Gasteiger partial charge in [-0.15, -0.1) is 11.3 Å². The molecule has 13 heteroatoms. The van der Waals surface area contributed by atoms with E-state index in [0.29, 0.717) is 23.6 Å². The van der Waals surface area contributed by atoms with Crippen molar-refractivity contribution in [3.05, 3.63) is 70.3 Å². The van der Waals surface area contributed by atoms with Crippen LogP contribution < -0.4 is 4.90 Å². The summed E-state index contributed by atoms with van der Waals surface area (Å²) >= 11 is 1.40. The third-order valence-corrected chi connectivity index (χ3v) is 9.55. The van der Waals surface area contributed by atoms with Gasteiger partial charge in [0.25, 0.3) is 0 Å². The number of halogens is 3. The Morgan fingerprint density at radius 3 is 2.30 bits per heavy atom. The molecule has 1 unspecified atom stereocenters. The minimum Gasteiger partial charge on any atom is -0.475 e. The van der Waals surface area contributed by atoms with Gasteiger partial charge in [-0.25, -0.2) is 23.2 Å². The van der Waals surface area contributed by atoms with E-state index >= 15 is 0 Å². The molecule has 0 radical (unpaired) electrons. The van der Waals surface area contributed by atoms with Gasteiger partial charge in [0.05, 0.1) is 28.8 Å². The van der Waals surface area contributed by atoms with Crippen LogP contribution in [0.15, 0.2) is 58.5 Å². The van der Waals surface area contributed by atoms with Crippen molar-refractivity contribution in [2.45, 2.75) is 49.3 Å². The van der Waals surface area contributed by atoms with Gasteiger partial charge >= 0.3 is 12.1 Å². The Morgan fingerprint density at radius 2 is 1.77 bits per heavy atom. The molecule has 1 aliphatic heterocycles. The van der Waals surface area contributed by atoms with Crippen LogP contribution in [0.5, 0.6) is 0 Å². The van der Waals surface area contributed by atoms with Gasteiger partial charge in [0.1, 0.15) is 0 Å². The topological polar surface area (TPSA) is 104 Å². The van der Waals surface area contributed by atoms with Crippen molar-refractivity contribution in [3.8, 4) is 0 Å². The van der Waals surface area contributed by atoms with Gasteiger partial charge in [0, 0.05) is 38.1 Å². The Morgan fingerprint density at radius 1 is 1.15 bits per heavy atom. The van der Waals surface area contributed by atoms with Crippen LogP contribution in [0.2, 0.25) is 0 Å². The fourth-order valence-electron chi connectivity index (χ4n) is 5.69. The second-order valence-electron chi connectivity index (χ2n) is 10.2. The van der Waals surface area contributed by atoms with Crippen LogP contribution in [-0.2, 0) is 26.9 Å². The summed E-state index contributed by atoms with van der Waals surface area (Å²) in [6.45, 7) is 5.21. The van der Waals surface area contributed by atoms with Gasteiger partial charge in [-0.1, -0.05) is 30.3 Å². The van der Waals surface area contributed by atoms with E-state index in [1.165, 1.54) is 29.7 Å². The molecule has 1 aromatic carbocycles. The lowest BCUT2D eigenvalue weighted by Gasteiger charge is -2.43. The van der Waals surface area contributed by atoms with Crippen molar-refractivity contribution in [2.75, 3.05) is 25.0 Å². The van der Waals surface area contributed by atoms with Crippen LogP contribution in [0.25, 0.3) is 0 Å². The number of hydrogen-bond acceptors (Lipinski definition) is 8. The third kappa shape index (κ3) is 7.18. The van der Waals surface area contributed by atoms with Crippen LogP contribution in [0, 0.1) is 18.8 Å². The number of pyridine rings is 1. The molecule has 1 saturated heterocycles. The number of anilines is 1. The van der Waals surface area contributed by atoms with Gasteiger partial charge in [-0.3, -0.25) is 4.90 Å². The first-order chi connectivity index (χ1) is 18.8. The molecule has 3 heterocycles. The molecular weight excluding hydrogens is 565 g/mol.